The van der Waals surface area contributed by atoms with Crippen molar-refractivity contribution in [2.24, 2.45) is 0 Å². The molecule has 202 valence electrons. The van der Waals surface area contributed by atoms with Crippen LogP contribution in [0.15, 0.2) is 121 Å². The SMILES string of the molecule is COc1ccccc1P(c1ccccc1OC)c1ccccc1P(c1ccccc1OC)c1ccccc1OC. The second kappa shape index (κ2) is 13.0. The number of ether oxygens (including phenoxy) is 4. The van der Waals surface area contributed by atoms with E-state index in [4.69, 9.17) is 18.9 Å². The number of methoxy groups -OCH3 is 4. The first-order valence-electron chi connectivity index (χ1n) is 12.9. The van der Waals surface area contributed by atoms with Gasteiger partial charge in [-0.3, -0.25) is 0 Å². The van der Waals surface area contributed by atoms with Gasteiger partial charge in [-0.05, 0) is 50.7 Å². The Hall–Kier alpha value is -3.84. The van der Waals surface area contributed by atoms with E-state index in [2.05, 4.69) is 72.8 Å². The molecule has 0 aliphatic heterocycles. The Morgan fingerprint density at radius 2 is 0.500 bits per heavy atom. The molecule has 0 heterocycles. The van der Waals surface area contributed by atoms with Gasteiger partial charge < -0.3 is 18.9 Å². The summed E-state index contributed by atoms with van der Waals surface area (Å²) in [6, 6.07) is 41.9. The van der Waals surface area contributed by atoms with E-state index in [-0.39, 0.29) is 0 Å². The predicted octanol–water partition coefficient (Wildman–Crippen LogP) is 5.24. The first-order chi connectivity index (χ1) is 19.7. The zero-order valence-electron chi connectivity index (χ0n) is 23.1. The molecule has 6 heteroatoms. The minimum absolute atomic E-state index is 0.855. The zero-order chi connectivity index (χ0) is 27.9. The molecule has 0 N–H and O–H groups in total. The molecule has 5 aromatic carbocycles. The molecule has 5 aromatic rings. The monoisotopic (exact) mass is 566 g/mol. The van der Waals surface area contributed by atoms with Crippen molar-refractivity contribution in [1.29, 1.82) is 0 Å². The van der Waals surface area contributed by atoms with Gasteiger partial charge in [-0.1, -0.05) is 97.1 Å². The molecule has 0 unspecified atom stereocenters. The van der Waals surface area contributed by atoms with Crippen molar-refractivity contribution in [1.82, 2.24) is 0 Å². The summed E-state index contributed by atoms with van der Waals surface area (Å²) in [4.78, 5) is 0. The Kier molecular flexibility index (Phi) is 9.01. The molecule has 0 saturated heterocycles. The Bertz CT molecular complexity index is 1370. The van der Waals surface area contributed by atoms with Crippen LogP contribution in [0.1, 0.15) is 0 Å². The first kappa shape index (κ1) is 27.7. The minimum Gasteiger partial charge on any atom is -0.496 e. The average molecular weight is 567 g/mol. The van der Waals surface area contributed by atoms with E-state index in [9.17, 15) is 0 Å². The van der Waals surface area contributed by atoms with E-state index in [1.807, 2.05) is 48.5 Å². The molecule has 0 atom stereocenters. The van der Waals surface area contributed by atoms with Crippen LogP contribution in [0, 0.1) is 0 Å². The summed E-state index contributed by atoms with van der Waals surface area (Å²) in [5, 5.41) is 6.99. The number of rotatable bonds is 10. The molecule has 4 nitrogen and oxygen atoms in total. The summed E-state index contributed by atoms with van der Waals surface area (Å²) in [5.74, 6) is 3.42. The lowest BCUT2D eigenvalue weighted by molar-refractivity contribution is 0.417. The Balaban J connectivity index is 1.86. The fourth-order valence-electron chi connectivity index (χ4n) is 4.88. The first-order valence-corrected chi connectivity index (χ1v) is 15.6. The lowest BCUT2D eigenvalue weighted by Crippen LogP contribution is -2.35. The van der Waals surface area contributed by atoms with Crippen LogP contribution >= 0.6 is 15.8 Å². The van der Waals surface area contributed by atoms with Crippen LogP contribution in [-0.2, 0) is 0 Å². The molecule has 0 amide bonds. The molecule has 0 spiro atoms. The van der Waals surface area contributed by atoms with Gasteiger partial charge in [0.05, 0.1) is 28.4 Å². The molecular weight excluding hydrogens is 534 g/mol. The van der Waals surface area contributed by atoms with Gasteiger partial charge in [-0.15, -0.1) is 0 Å². The van der Waals surface area contributed by atoms with Crippen molar-refractivity contribution in [3.63, 3.8) is 0 Å². The molecule has 0 aliphatic carbocycles. The van der Waals surface area contributed by atoms with Crippen LogP contribution < -0.4 is 50.8 Å². The fraction of sp³-hybridized carbons (Fsp3) is 0.118. The summed E-state index contributed by atoms with van der Waals surface area (Å²) in [7, 11) is 4.78. The number of benzene rings is 5. The van der Waals surface area contributed by atoms with Crippen LogP contribution in [0.3, 0.4) is 0 Å². The van der Waals surface area contributed by atoms with Crippen LogP contribution in [0.2, 0.25) is 0 Å². The Morgan fingerprint density at radius 3 is 0.725 bits per heavy atom. The fourth-order valence-corrected chi connectivity index (χ4v) is 10.6. The molecule has 0 saturated carbocycles. The molecule has 0 aromatic heterocycles. The van der Waals surface area contributed by atoms with Crippen LogP contribution in [-0.4, -0.2) is 28.4 Å². The van der Waals surface area contributed by atoms with E-state index in [0.29, 0.717) is 0 Å². The maximum atomic E-state index is 5.93. The summed E-state index contributed by atoms with van der Waals surface area (Å²) < 4.78 is 23.7. The standard InChI is InChI=1S/C34H32O4P2/c1-35-25-15-5-9-19-29(25)39(30-20-10-6-16-26(30)36-2)33-23-13-14-24-34(33)40(31-21-11-7-17-27(31)37-3)32-22-12-8-18-28(32)38-4/h5-24H,1-4H3. The highest BCUT2D eigenvalue weighted by Crippen LogP contribution is 2.44. The van der Waals surface area contributed by atoms with Crippen molar-refractivity contribution in [3.8, 4) is 23.0 Å². The van der Waals surface area contributed by atoms with Gasteiger partial charge in [0.2, 0.25) is 0 Å². The molecule has 5 rings (SSSR count). The van der Waals surface area contributed by atoms with E-state index in [0.717, 1.165) is 44.2 Å². The normalized spacial score (nSPS) is 10.9. The number of hydrogen-bond donors (Lipinski definition) is 0. The van der Waals surface area contributed by atoms with Gasteiger partial charge in [0.15, 0.2) is 0 Å². The third kappa shape index (κ3) is 5.43. The summed E-state index contributed by atoms with van der Waals surface area (Å²) in [6.07, 6.45) is 0. The van der Waals surface area contributed by atoms with Crippen LogP contribution in [0.5, 0.6) is 23.0 Å². The Morgan fingerprint density at radius 1 is 0.300 bits per heavy atom. The quantitative estimate of drug-likeness (QED) is 0.217. The number of para-hydroxylation sites is 4. The second-order valence-electron chi connectivity index (χ2n) is 8.85. The Labute approximate surface area is 239 Å². The van der Waals surface area contributed by atoms with E-state index in [1.54, 1.807) is 28.4 Å². The largest absolute Gasteiger partial charge is 0.496 e. The molecule has 40 heavy (non-hydrogen) atoms. The molecule has 0 radical (unpaired) electrons. The van der Waals surface area contributed by atoms with Gasteiger partial charge in [0, 0.05) is 21.2 Å². The van der Waals surface area contributed by atoms with Gasteiger partial charge >= 0.3 is 0 Å². The molecular formula is C34H32O4P2. The smallest absolute Gasteiger partial charge is 0.127 e. The van der Waals surface area contributed by atoms with Crippen molar-refractivity contribution < 1.29 is 18.9 Å². The van der Waals surface area contributed by atoms with Crippen molar-refractivity contribution in [2.45, 2.75) is 0 Å². The highest BCUT2D eigenvalue weighted by molar-refractivity contribution is 7.85. The van der Waals surface area contributed by atoms with Gasteiger partial charge in [-0.2, -0.15) is 0 Å². The highest BCUT2D eigenvalue weighted by atomic mass is 31.1. The lowest BCUT2D eigenvalue weighted by atomic mass is 10.3. The van der Waals surface area contributed by atoms with E-state index in [1.165, 1.54) is 10.6 Å². The third-order valence-electron chi connectivity index (χ3n) is 6.67. The van der Waals surface area contributed by atoms with E-state index >= 15 is 0 Å². The highest BCUT2D eigenvalue weighted by Gasteiger charge is 2.31. The van der Waals surface area contributed by atoms with Gasteiger partial charge in [-0.25, -0.2) is 0 Å². The number of hydrogen-bond acceptors (Lipinski definition) is 4. The van der Waals surface area contributed by atoms with Crippen molar-refractivity contribution >= 4 is 47.7 Å². The molecule has 0 aliphatic rings. The summed E-state index contributed by atoms with van der Waals surface area (Å²) >= 11 is 0. The van der Waals surface area contributed by atoms with E-state index < -0.39 is 15.8 Å². The second-order valence-corrected chi connectivity index (χ2v) is 13.1. The maximum absolute atomic E-state index is 5.93. The topological polar surface area (TPSA) is 36.9 Å². The lowest BCUT2D eigenvalue weighted by Gasteiger charge is -2.29. The van der Waals surface area contributed by atoms with Crippen LogP contribution in [0.25, 0.3) is 0 Å². The van der Waals surface area contributed by atoms with Crippen molar-refractivity contribution in [2.75, 3.05) is 28.4 Å². The molecule has 0 fully saturated rings. The summed E-state index contributed by atoms with van der Waals surface area (Å²) in [6.45, 7) is 0. The van der Waals surface area contributed by atoms with Crippen LogP contribution in [0.4, 0.5) is 0 Å². The predicted molar refractivity (Wildman–Crippen MR) is 170 cm³/mol. The summed E-state index contributed by atoms with van der Waals surface area (Å²) in [5.41, 5.74) is 0. The van der Waals surface area contributed by atoms with Gasteiger partial charge in [0.25, 0.3) is 0 Å². The van der Waals surface area contributed by atoms with Crippen molar-refractivity contribution in [3.05, 3.63) is 121 Å². The maximum Gasteiger partial charge on any atom is 0.127 e. The average Bonchev–Trinajstić information content (AvgIpc) is 3.03. The zero-order valence-corrected chi connectivity index (χ0v) is 24.9. The molecule has 0 bridgehead atoms. The minimum atomic E-state index is -1.08. The van der Waals surface area contributed by atoms with Gasteiger partial charge in [0.1, 0.15) is 23.0 Å². The third-order valence-corrected chi connectivity index (χ3v) is 12.0.